The number of sulfonamides is 1. The van der Waals surface area contributed by atoms with Crippen LogP contribution in [0, 0.1) is 35.5 Å². The number of aromatic nitrogens is 1. The normalized spacial score (nSPS) is 29.5. The maximum absolute atomic E-state index is 16.9. The maximum Gasteiger partial charge on any atom is 0.411 e. The molecule has 3 aromatic carbocycles. The van der Waals surface area contributed by atoms with E-state index in [2.05, 4.69) is 10.0 Å². The molecule has 0 spiro atoms. The fourth-order valence-electron chi connectivity index (χ4n) is 12.6. The molecule has 8 atom stereocenters. The van der Waals surface area contributed by atoms with E-state index in [1.54, 1.807) is 64.1 Å². The molecule has 9 rings (SSSR count). The van der Waals surface area contributed by atoms with Gasteiger partial charge in [-0.2, -0.15) is 0 Å². The van der Waals surface area contributed by atoms with Crippen molar-refractivity contribution in [1.82, 2.24) is 9.29 Å². The van der Waals surface area contributed by atoms with Gasteiger partial charge in [0.05, 0.1) is 18.1 Å². The minimum atomic E-state index is -4.04. The summed E-state index contributed by atoms with van der Waals surface area (Å²) in [5.41, 5.74) is -1.02. The SMILES string of the molecule is COc1cc(C(=O)NS(=O)(=O)c2ccccc2C)ccc1Cc1cn(C)c2ccc(NC(=O)OC3CCCC3)cc12.C[C@@H]1C[C@H]2[C@@H]3CCC4=CC(=O)C=C[C@]4(C)[C@@]3(F)[C@@H](O)C[C@]2(C)[C@@]1(O)C(=O)CO. The summed E-state index contributed by atoms with van der Waals surface area (Å²) >= 11 is 0. The number of nitrogens with one attached hydrogen (secondary N) is 2. The van der Waals surface area contributed by atoms with E-state index < -0.39 is 74.5 Å². The van der Waals surface area contributed by atoms with Gasteiger partial charge in [-0.3, -0.25) is 19.7 Å². The number of amides is 2. The monoisotopic (exact) mass is 967 g/mol. The van der Waals surface area contributed by atoms with Crippen LogP contribution in [-0.4, -0.2) is 89.1 Å². The van der Waals surface area contributed by atoms with Crippen molar-refractivity contribution in [1.29, 1.82) is 0 Å². The average molecular weight is 968 g/mol. The van der Waals surface area contributed by atoms with E-state index in [1.807, 2.05) is 36.0 Å². The van der Waals surface area contributed by atoms with Gasteiger partial charge < -0.3 is 29.4 Å². The molecule has 5 aliphatic rings. The molecule has 368 valence electrons. The number of alkyl halides is 1. The number of benzene rings is 3. The number of Topliss-reactive ketones (excluding diaryl/α,β-unsaturated/α-hetero) is 1. The van der Waals surface area contributed by atoms with Gasteiger partial charge in [-0.15, -0.1) is 0 Å². The van der Waals surface area contributed by atoms with Gasteiger partial charge in [0.1, 0.15) is 24.1 Å². The van der Waals surface area contributed by atoms with Gasteiger partial charge >= 0.3 is 6.09 Å². The van der Waals surface area contributed by atoms with Gasteiger partial charge in [-0.1, -0.05) is 49.8 Å². The van der Waals surface area contributed by atoms with Crippen molar-refractivity contribution in [2.45, 2.75) is 114 Å². The minimum Gasteiger partial charge on any atom is -0.496 e. The molecule has 5 aliphatic carbocycles. The number of carbonyl (C=O) groups excluding carboxylic acids is 4. The predicted octanol–water partition coefficient (Wildman–Crippen LogP) is 7.59. The van der Waals surface area contributed by atoms with E-state index in [9.17, 15) is 42.9 Å². The second kappa shape index (κ2) is 18.6. The molecule has 16 heteroatoms. The number of carbonyl (C=O) groups is 4. The van der Waals surface area contributed by atoms with Crippen LogP contribution in [0.15, 0.2) is 95.6 Å². The summed E-state index contributed by atoms with van der Waals surface area (Å²) in [6.07, 6.45) is 10.4. The Morgan fingerprint density at radius 2 is 1.71 bits per heavy atom. The quantitative estimate of drug-likeness (QED) is 0.105. The summed E-state index contributed by atoms with van der Waals surface area (Å²) in [6, 6.07) is 17.1. The first-order valence-electron chi connectivity index (χ1n) is 23.6. The van der Waals surface area contributed by atoms with Gasteiger partial charge in [-0.05, 0) is 142 Å². The van der Waals surface area contributed by atoms with Crippen LogP contribution in [0.1, 0.15) is 99.2 Å². The van der Waals surface area contributed by atoms with Crippen LogP contribution in [0.3, 0.4) is 0 Å². The number of aliphatic hydroxyl groups excluding tert-OH is 2. The molecule has 0 bridgehead atoms. The number of anilines is 1. The third-order valence-corrected chi connectivity index (χ3v) is 17.7. The van der Waals surface area contributed by atoms with Gasteiger partial charge in [0.2, 0.25) is 0 Å². The van der Waals surface area contributed by atoms with Gasteiger partial charge in [0, 0.05) is 58.6 Å². The number of nitrogens with zero attached hydrogens (tertiary/aromatic N) is 1. The van der Waals surface area contributed by atoms with Gasteiger partial charge in [0.25, 0.3) is 15.9 Å². The standard InChI is InChI=1S/C31H33N3O6S.C22H29FO5/c1-20-8-4-7-11-29(20)41(37,38)33-30(35)22-13-12-21(28(17-22)39-3)16-23-19-34(2)27-15-14-24(18-26(23)27)32-31(36)40-25-9-5-6-10-25;1-12-8-16-15-5-4-13-9-14(25)6-7-19(13,2)21(15,23)17(26)10-20(16,3)22(12,28)18(27)11-24/h4,7-8,11-15,17-19,25H,5-6,9-10,16H2,1-3H3,(H,32,36)(H,33,35);6-7,9,12,15-17,24,26,28H,4-5,8,10-11H2,1-3H3/t;12-,15+,16+,17+,19+,20+,21+,22+/m.1/s1. The molecule has 69 heavy (non-hydrogen) atoms. The fourth-order valence-corrected chi connectivity index (χ4v) is 13.8. The lowest BCUT2D eigenvalue weighted by Crippen LogP contribution is -2.69. The van der Waals surface area contributed by atoms with Crippen LogP contribution in [0.4, 0.5) is 14.9 Å². The molecule has 0 unspecified atom stereocenters. The second-order valence-corrected chi connectivity index (χ2v) is 21.7. The summed E-state index contributed by atoms with van der Waals surface area (Å²) in [7, 11) is -0.583. The third-order valence-electron chi connectivity index (χ3n) is 16.2. The molecular weight excluding hydrogens is 906 g/mol. The number of fused-ring (bicyclic) bond motifs is 6. The maximum atomic E-state index is 16.9. The molecule has 5 N–H and O–H groups in total. The molecule has 14 nitrogen and oxygen atoms in total. The smallest absolute Gasteiger partial charge is 0.411 e. The Kier molecular flexibility index (Phi) is 13.4. The highest BCUT2D eigenvalue weighted by molar-refractivity contribution is 7.90. The highest BCUT2D eigenvalue weighted by Crippen LogP contribution is 2.70. The number of hydrogen-bond donors (Lipinski definition) is 5. The molecule has 0 aliphatic heterocycles. The lowest BCUT2D eigenvalue weighted by atomic mass is 9.44. The van der Waals surface area contributed by atoms with Crippen LogP contribution in [0.25, 0.3) is 10.9 Å². The number of aliphatic hydroxyl groups is 3. The summed E-state index contributed by atoms with van der Waals surface area (Å²) in [6.45, 7) is 6.15. The number of methoxy groups -OCH3 is 1. The zero-order valence-electron chi connectivity index (χ0n) is 39.9. The van der Waals surface area contributed by atoms with Crippen LogP contribution in [-0.2, 0) is 37.8 Å². The number of ketones is 2. The average Bonchev–Trinajstić information content (AvgIpc) is 3.99. The fraction of sp³-hybridized carbons (Fsp3) is 0.472. The summed E-state index contributed by atoms with van der Waals surface area (Å²) in [5, 5.41) is 35.8. The van der Waals surface area contributed by atoms with Crippen molar-refractivity contribution in [3.05, 3.63) is 113 Å². The first-order valence-corrected chi connectivity index (χ1v) is 25.1. The van der Waals surface area contributed by atoms with Crippen molar-refractivity contribution < 1.29 is 56.8 Å². The molecule has 0 saturated heterocycles. The van der Waals surface area contributed by atoms with Crippen molar-refractivity contribution >= 4 is 50.2 Å². The molecular formula is C53H62FN3O11S. The molecule has 1 heterocycles. The Hall–Kier alpha value is -5.68. The molecule has 0 radical (unpaired) electrons. The van der Waals surface area contributed by atoms with Gasteiger partial charge in [-0.25, -0.2) is 22.3 Å². The number of rotatable bonds is 10. The zero-order chi connectivity index (χ0) is 49.8. The lowest BCUT2D eigenvalue weighted by molar-refractivity contribution is -0.219. The van der Waals surface area contributed by atoms with Crippen LogP contribution in [0.2, 0.25) is 0 Å². The second-order valence-electron chi connectivity index (χ2n) is 20.1. The molecule has 4 aromatic rings. The number of halogens is 1. The van der Waals surface area contributed by atoms with Crippen molar-refractivity contribution in [3.63, 3.8) is 0 Å². The van der Waals surface area contributed by atoms with E-state index in [4.69, 9.17) is 9.47 Å². The highest BCUT2D eigenvalue weighted by Gasteiger charge is 2.75. The molecule has 2 amide bonds. The van der Waals surface area contributed by atoms with Crippen LogP contribution >= 0.6 is 0 Å². The van der Waals surface area contributed by atoms with E-state index >= 15 is 4.39 Å². The summed E-state index contributed by atoms with van der Waals surface area (Å²) in [4.78, 5) is 49.7. The minimum absolute atomic E-state index is 0.0221. The Balaban J connectivity index is 0.000000200. The highest BCUT2D eigenvalue weighted by atomic mass is 32.2. The summed E-state index contributed by atoms with van der Waals surface area (Å²) < 4.78 is 57.8. The lowest BCUT2D eigenvalue weighted by Gasteiger charge is -2.62. The first kappa shape index (κ1) is 49.7. The van der Waals surface area contributed by atoms with E-state index in [-0.39, 0.29) is 34.7 Å². The first-order chi connectivity index (χ1) is 32.6. The molecule has 4 saturated carbocycles. The number of ether oxygens (including phenoxy) is 2. The van der Waals surface area contributed by atoms with Gasteiger partial charge in [0.15, 0.2) is 17.2 Å². The Morgan fingerprint density at radius 1 is 0.986 bits per heavy atom. The Labute approximate surface area is 402 Å². The topological polar surface area (TPSA) is 211 Å². The predicted molar refractivity (Wildman–Crippen MR) is 257 cm³/mol. The van der Waals surface area contributed by atoms with E-state index in [1.165, 1.54) is 31.4 Å². The number of allylic oxidation sites excluding steroid dienone is 4. The van der Waals surface area contributed by atoms with Crippen LogP contribution in [0.5, 0.6) is 5.75 Å². The van der Waals surface area contributed by atoms with E-state index in [0.717, 1.165) is 47.7 Å². The molecule has 1 aromatic heterocycles. The Bertz CT molecular complexity index is 2890. The summed E-state index contributed by atoms with van der Waals surface area (Å²) in [5.74, 6) is -2.41. The van der Waals surface area contributed by atoms with Crippen molar-refractivity contribution in [2.75, 3.05) is 19.0 Å². The van der Waals surface area contributed by atoms with Crippen molar-refractivity contribution in [2.24, 2.45) is 35.6 Å². The van der Waals surface area contributed by atoms with E-state index in [0.29, 0.717) is 48.3 Å². The Morgan fingerprint density at radius 3 is 2.41 bits per heavy atom. The number of hydrogen-bond acceptors (Lipinski definition) is 11. The zero-order valence-corrected chi connectivity index (χ0v) is 40.7. The third kappa shape index (κ3) is 8.50. The van der Waals surface area contributed by atoms with Crippen LogP contribution < -0.4 is 14.8 Å². The molecule has 4 fully saturated rings. The van der Waals surface area contributed by atoms with Crippen molar-refractivity contribution in [3.8, 4) is 5.75 Å². The largest absolute Gasteiger partial charge is 0.496 e. The number of aryl methyl sites for hydroxylation is 2.